The zero-order chi connectivity index (χ0) is 17.2. The number of likely N-dealkylation sites (N-methyl/N-ethyl adjacent to an activating group) is 1. The van der Waals surface area contributed by atoms with Crippen LogP contribution in [0, 0.1) is 0 Å². The monoisotopic (exact) mass is 326 g/mol. The van der Waals surface area contributed by atoms with E-state index in [4.69, 9.17) is 4.74 Å². The van der Waals surface area contributed by atoms with Gasteiger partial charge in [0.2, 0.25) is 0 Å². The number of hydrogen-bond donors (Lipinski definition) is 0. The summed E-state index contributed by atoms with van der Waals surface area (Å²) < 4.78 is 5.62. The molecule has 0 radical (unpaired) electrons. The van der Waals surface area contributed by atoms with E-state index in [2.05, 4.69) is 18.7 Å². The fourth-order valence-corrected chi connectivity index (χ4v) is 2.53. The fourth-order valence-electron chi connectivity index (χ4n) is 2.53. The van der Waals surface area contributed by atoms with Crippen molar-refractivity contribution in [2.24, 2.45) is 0 Å². The number of nitrogens with zero attached hydrogens (tertiary/aromatic N) is 2. The average Bonchev–Trinajstić information content (AvgIpc) is 2.65. The van der Waals surface area contributed by atoms with Crippen molar-refractivity contribution < 1.29 is 9.53 Å². The Balaban J connectivity index is 2.02. The lowest BCUT2D eigenvalue weighted by molar-refractivity contribution is -0.120. The van der Waals surface area contributed by atoms with E-state index in [9.17, 15) is 4.79 Å². The third kappa shape index (κ3) is 5.39. The number of para-hydroxylation sites is 2. The molecule has 0 aliphatic heterocycles. The number of carbonyl (C=O) groups is 1. The molecule has 0 atom stereocenters. The molecule has 0 N–H and O–H groups in total. The summed E-state index contributed by atoms with van der Waals surface area (Å²) in [6, 6.07) is 19.2. The van der Waals surface area contributed by atoms with Gasteiger partial charge in [0, 0.05) is 18.8 Å². The van der Waals surface area contributed by atoms with Gasteiger partial charge in [-0.1, -0.05) is 50.2 Å². The molecule has 4 nitrogen and oxygen atoms in total. The Kier molecular flexibility index (Phi) is 7.30. The first-order valence-corrected chi connectivity index (χ1v) is 8.50. The van der Waals surface area contributed by atoms with Crippen LogP contribution in [0.25, 0.3) is 0 Å². The summed E-state index contributed by atoms with van der Waals surface area (Å²) in [7, 11) is 0. The van der Waals surface area contributed by atoms with Gasteiger partial charge in [0.15, 0.2) is 6.61 Å². The number of benzene rings is 2. The zero-order valence-corrected chi connectivity index (χ0v) is 14.5. The quantitative estimate of drug-likeness (QED) is 0.708. The number of anilines is 1. The molecule has 0 heterocycles. The fraction of sp³-hybridized carbons (Fsp3) is 0.350. The van der Waals surface area contributed by atoms with Crippen molar-refractivity contribution >= 4 is 11.6 Å². The molecule has 2 rings (SSSR count). The van der Waals surface area contributed by atoms with E-state index in [1.807, 2.05) is 60.7 Å². The van der Waals surface area contributed by atoms with Crippen molar-refractivity contribution in [2.45, 2.75) is 13.8 Å². The molecule has 0 unspecified atom stereocenters. The van der Waals surface area contributed by atoms with Gasteiger partial charge in [-0.05, 0) is 37.4 Å². The summed E-state index contributed by atoms with van der Waals surface area (Å²) in [5.41, 5.74) is 0.909. The third-order valence-electron chi connectivity index (χ3n) is 4.01. The Morgan fingerprint density at radius 1 is 0.875 bits per heavy atom. The second kappa shape index (κ2) is 9.73. The van der Waals surface area contributed by atoms with Crippen molar-refractivity contribution in [1.82, 2.24) is 4.90 Å². The van der Waals surface area contributed by atoms with Gasteiger partial charge in [-0.25, -0.2) is 0 Å². The van der Waals surface area contributed by atoms with Gasteiger partial charge in [-0.2, -0.15) is 0 Å². The van der Waals surface area contributed by atoms with Gasteiger partial charge >= 0.3 is 0 Å². The van der Waals surface area contributed by atoms with Crippen molar-refractivity contribution in [1.29, 1.82) is 0 Å². The van der Waals surface area contributed by atoms with E-state index < -0.39 is 0 Å². The van der Waals surface area contributed by atoms with Crippen LogP contribution in [-0.4, -0.2) is 43.6 Å². The number of ether oxygens (including phenoxy) is 1. The number of amides is 1. The highest BCUT2D eigenvalue weighted by Gasteiger charge is 2.17. The maximum Gasteiger partial charge on any atom is 0.264 e. The summed E-state index contributed by atoms with van der Waals surface area (Å²) in [6.45, 7) is 7.77. The number of hydrogen-bond acceptors (Lipinski definition) is 3. The highest BCUT2D eigenvalue weighted by atomic mass is 16.5. The maximum absolute atomic E-state index is 12.7. The molecule has 0 saturated heterocycles. The minimum absolute atomic E-state index is 0.0304. The van der Waals surface area contributed by atoms with Crippen LogP contribution in [0.1, 0.15) is 13.8 Å². The molecular formula is C20H26N2O2. The van der Waals surface area contributed by atoms with Gasteiger partial charge in [0.25, 0.3) is 5.91 Å². The molecule has 0 aromatic heterocycles. The summed E-state index contributed by atoms with van der Waals surface area (Å²) in [4.78, 5) is 16.8. The molecule has 24 heavy (non-hydrogen) atoms. The maximum atomic E-state index is 12.7. The van der Waals surface area contributed by atoms with Gasteiger partial charge in [-0.15, -0.1) is 0 Å². The van der Waals surface area contributed by atoms with Gasteiger partial charge < -0.3 is 14.5 Å². The first-order chi connectivity index (χ1) is 11.7. The van der Waals surface area contributed by atoms with Crippen molar-refractivity contribution in [3.63, 3.8) is 0 Å². The molecule has 128 valence electrons. The van der Waals surface area contributed by atoms with Crippen molar-refractivity contribution in [2.75, 3.05) is 37.7 Å². The minimum atomic E-state index is -0.0304. The van der Waals surface area contributed by atoms with Crippen LogP contribution in [0.3, 0.4) is 0 Å². The van der Waals surface area contributed by atoms with Crippen LogP contribution < -0.4 is 9.64 Å². The number of carbonyl (C=O) groups excluding carboxylic acids is 1. The van der Waals surface area contributed by atoms with E-state index in [0.29, 0.717) is 12.3 Å². The first kappa shape index (κ1) is 18.0. The highest BCUT2D eigenvalue weighted by molar-refractivity contribution is 5.94. The van der Waals surface area contributed by atoms with Crippen LogP contribution in [-0.2, 0) is 4.79 Å². The SMILES string of the molecule is CCN(CC)CCN(C(=O)COc1ccccc1)c1ccccc1. The molecule has 2 aromatic carbocycles. The molecule has 0 fully saturated rings. The first-order valence-electron chi connectivity index (χ1n) is 8.50. The van der Waals surface area contributed by atoms with Crippen LogP contribution >= 0.6 is 0 Å². The zero-order valence-electron chi connectivity index (χ0n) is 14.5. The molecular weight excluding hydrogens is 300 g/mol. The van der Waals surface area contributed by atoms with Crippen molar-refractivity contribution in [3.05, 3.63) is 60.7 Å². The van der Waals surface area contributed by atoms with E-state index in [1.165, 1.54) is 0 Å². The standard InChI is InChI=1S/C20H26N2O2/c1-3-21(4-2)15-16-22(18-11-7-5-8-12-18)20(23)17-24-19-13-9-6-10-14-19/h5-14H,3-4,15-17H2,1-2H3. The van der Waals surface area contributed by atoms with E-state index in [-0.39, 0.29) is 12.5 Å². The number of rotatable bonds is 9. The second-order valence-corrected chi connectivity index (χ2v) is 5.51. The normalized spacial score (nSPS) is 10.6. The van der Waals surface area contributed by atoms with E-state index >= 15 is 0 Å². The van der Waals surface area contributed by atoms with Crippen LogP contribution in [0.4, 0.5) is 5.69 Å². The lowest BCUT2D eigenvalue weighted by Crippen LogP contribution is -2.41. The molecule has 1 amide bonds. The van der Waals surface area contributed by atoms with Crippen LogP contribution in [0.5, 0.6) is 5.75 Å². The Morgan fingerprint density at radius 2 is 1.46 bits per heavy atom. The van der Waals surface area contributed by atoms with Gasteiger partial charge in [0.1, 0.15) is 5.75 Å². The topological polar surface area (TPSA) is 32.8 Å². The van der Waals surface area contributed by atoms with Crippen LogP contribution in [0.2, 0.25) is 0 Å². The molecule has 0 aliphatic rings. The lowest BCUT2D eigenvalue weighted by Gasteiger charge is -2.26. The molecule has 2 aromatic rings. The molecule has 0 bridgehead atoms. The summed E-state index contributed by atoms with van der Waals surface area (Å²) in [5, 5.41) is 0. The Bertz CT molecular complexity index is 598. The highest BCUT2D eigenvalue weighted by Crippen LogP contribution is 2.15. The summed E-state index contributed by atoms with van der Waals surface area (Å²) in [6.07, 6.45) is 0. The molecule has 0 aliphatic carbocycles. The van der Waals surface area contributed by atoms with Crippen molar-refractivity contribution in [3.8, 4) is 5.75 Å². The smallest absolute Gasteiger partial charge is 0.264 e. The Labute approximate surface area is 144 Å². The minimum Gasteiger partial charge on any atom is -0.484 e. The third-order valence-corrected chi connectivity index (χ3v) is 4.01. The molecule has 0 spiro atoms. The average molecular weight is 326 g/mol. The second-order valence-electron chi connectivity index (χ2n) is 5.51. The summed E-state index contributed by atoms with van der Waals surface area (Å²) in [5.74, 6) is 0.680. The predicted molar refractivity (Wildman–Crippen MR) is 98.5 cm³/mol. The van der Waals surface area contributed by atoms with E-state index in [0.717, 1.165) is 25.3 Å². The Hall–Kier alpha value is -2.33. The van der Waals surface area contributed by atoms with Gasteiger partial charge in [-0.3, -0.25) is 4.79 Å². The Morgan fingerprint density at radius 3 is 2.04 bits per heavy atom. The molecule has 4 heteroatoms. The van der Waals surface area contributed by atoms with E-state index in [1.54, 1.807) is 4.90 Å². The summed E-state index contributed by atoms with van der Waals surface area (Å²) >= 11 is 0. The largest absolute Gasteiger partial charge is 0.484 e. The predicted octanol–water partition coefficient (Wildman–Crippen LogP) is 3.44. The van der Waals surface area contributed by atoms with Gasteiger partial charge in [0.05, 0.1) is 0 Å². The lowest BCUT2D eigenvalue weighted by atomic mass is 10.2. The molecule has 0 saturated carbocycles. The van der Waals surface area contributed by atoms with Crippen LogP contribution in [0.15, 0.2) is 60.7 Å².